The Kier molecular flexibility index (Phi) is 5.91. The van der Waals surface area contributed by atoms with Crippen LogP contribution in [0.4, 0.5) is 0 Å². The number of benzene rings is 2. The first kappa shape index (κ1) is 16.0. The van der Waals surface area contributed by atoms with E-state index in [1.165, 1.54) is 5.56 Å². The van der Waals surface area contributed by atoms with Crippen molar-refractivity contribution in [2.75, 3.05) is 13.7 Å². The molecule has 0 aromatic heterocycles. The van der Waals surface area contributed by atoms with E-state index in [9.17, 15) is 4.79 Å². The molecule has 2 N–H and O–H groups in total. The number of carbonyl (C=O) groups excluding carboxylic acids is 1. The average molecular weight is 314 g/mol. The van der Waals surface area contributed by atoms with Crippen LogP contribution in [0.5, 0.6) is 5.75 Å². The molecule has 0 aliphatic heterocycles. The Morgan fingerprint density at radius 2 is 1.91 bits per heavy atom. The van der Waals surface area contributed by atoms with Crippen LogP contribution in [0, 0.1) is 0 Å². The maximum Gasteiger partial charge on any atom is 0.257 e. The third-order valence-electron chi connectivity index (χ3n) is 3.05. The van der Waals surface area contributed by atoms with Gasteiger partial charge in [0, 0.05) is 19.0 Å². The summed E-state index contributed by atoms with van der Waals surface area (Å²) < 4.78 is 5.70. The summed E-state index contributed by atoms with van der Waals surface area (Å²) in [5.74, 6) is 0.409. The quantitative estimate of drug-likeness (QED) is 0.833. The molecule has 5 heteroatoms. The van der Waals surface area contributed by atoms with E-state index in [0.29, 0.717) is 23.0 Å². The molecule has 0 aliphatic carbocycles. The number of hydrogen-bond donors (Lipinski definition) is 2. The largest absolute Gasteiger partial charge is 0.493 e. The predicted octanol–water partition coefficient (Wildman–Crippen LogP) is 2.54. The van der Waals surface area contributed by atoms with Gasteiger partial charge in [0.25, 0.3) is 5.91 Å². The van der Waals surface area contributed by atoms with Gasteiger partial charge in [-0.05, 0) is 36.0 Å². The Labute approximate surface area is 135 Å². The predicted molar refractivity (Wildman–Crippen MR) is 91.2 cm³/mol. The molecule has 1 amide bonds. The molecule has 0 aliphatic rings. The second-order valence-electron chi connectivity index (χ2n) is 4.65. The van der Waals surface area contributed by atoms with Gasteiger partial charge >= 0.3 is 0 Å². The van der Waals surface area contributed by atoms with Crippen molar-refractivity contribution < 1.29 is 9.53 Å². The molecule has 0 saturated carbocycles. The molecular formula is C17H18N2O2S. The molecule has 2 aromatic carbocycles. The highest BCUT2D eigenvalue weighted by molar-refractivity contribution is 7.80. The summed E-state index contributed by atoms with van der Waals surface area (Å²) >= 11 is 4.91. The fourth-order valence-corrected chi connectivity index (χ4v) is 1.99. The van der Waals surface area contributed by atoms with E-state index in [-0.39, 0.29) is 5.91 Å². The summed E-state index contributed by atoms with van der Waals surface area (Å²) in [5.41, 5.74) is 1.73. The Hall–Kier alpha value is -2.40. The molecule has 0 unspecified atom stereocenters. The smallest absolute Gasteiger partial charge is 0.257 e. The maximum atomic E-state index is 12.0. The first-order valence-electron chi connectivity index (χ1n) is 6.99. The third-order valence-corrected chi connectivity index (χ3v) is 3.36. The fourth-order valence-electron chi connectivity index (χ4n) is 1.90. The Morgan fingerprint density at radius 1 is 1.14 bits per heavy atom. The minimum absolute atomic E-state index is 0.257. The molecule has 0 heterocycles. The molecule has 0 radical (unpaired) electrons. The van der Waals surface area contributed by atoms with Crippen molar-refractivity contribution in [3.63, 3.8) is 0 Å². The second kappa shape index (κ2) is 8.14. The summed E-state index contributed by atoms with van der Waals surface area (Å²) in [6.07, 6.45) is 0.821. The van der Waals surface area contributed by atoms with Crippen molar-refractivity contribution in [3.8, 4) is 5.75 Å². The van der Waals surface area contributed by atoms with Gasteiger partial charge in [-0.2, -0.15) is 0 Å². The molecule has 0 bridgehead atoms. The third kappa shape index (κ3) is 4.86. The lowest BCUT2D eigenvalue weighted by Crippen LogP contribution is -2.37. The molecular weight excluding hydrogens is 296 g/mol. The molecule has 2 aromatic rings. The van der Waals surface area contributed by atoms with Gasteiger partial charge in [0.05, 0.1) is 6.61 Å². The van der Waals surface area contributed by atoms with Crippen LogP contribution >= 0.6 is 12.2 Å². The van der Waals surface area contributed by atoms with Gasteiger partial charge in [-0.3, -0.25) is 10.1 Å². The van der Waals surface area contributed by atoms with Crippen molar-refractivity contribution in [2.24, 2.45) is 0 Å². The first-order valence-corrected chi connectivity index (χ1v) is 7.39. The van der Waals surface area contributed by atoms with Crippen LogP contribution in [-0.4, -0.2) is 24.7 Å². The first-order chi connectivity index (χ1) is 10.7. The monoisotopic (exact) mass is 314 g/mol. The molecule has 0 spiro atoms. The standard InChI is InChI=1S/C17H18N2O2S/c1-18-17(22)19-16(20)14-8-5-9-15(12-14)21-11-10-13-6-3-2-4-7-13/h2-9,12H,10-11H2,1H3,(H2,18,19,20,22). The fraction of sp³-hybridized carbons (Fsp3) is 0.176. The lowest BCUT2D eigenvalue weighted by molar-refractivity contribution is 0.0976. The van der Waals surface area contributed by atoms with Gasteiger partial charge in [-0.15, -0.1) is 0 Å². The minimum atomic E-state index is -0.257. The molecule has 2 rings (SSSR count). The van der Waals surface area contributed by atoms with Crippen LogP contribution in [0.1, 0.15) is 15.9 Å². The van der Waals surface area contributed by atoms with Crippen LogP contribution in [-0.2, 0) is 6.42 Å². The van der Waals surface area contributed by atoms with E-state index in [4.69, 9.17) is 17.0 Å². The number of ether oxygens (including phenoxy) is 1. The van der Waals surface area contributed by atoms with Crippen molar-refractivity contribution in [2.45, 2.75) is 6.42 Å². The number of hydrogen-bond acceptors (Lipinski definition) is 3. The molecule has 0 fully saturated rings. The number of thiocarbonyl (C=S) groups is 1. The topological polar surface area (TPSA) is 50.4 Å². The van der Waals surface area contributed by atoms with Crippen LogP contribution in [0.3, 0.4) is 0 Å². The molecule has 4 nitrogen and oxygen atoms in total. The Bertz CT molecular complexity index is 644. The van der Waals surface area contributed by atoms with Crippen LogP contribution in [0.25, 0.3) is 0 Å². The summed E-state index contributed by atoms with van der Waals surface area (Å²) in [6.45, 7) is 0.560. The summed E-state index contributed by atoms with van der Waals surface area (Å²) in [5, 5.41) is 5.57. The zero-order valence-electron chi connectivity index (χ0n) is 12.3. The molecule has 0 saturated heterocycles. The molecule has 114 valence electrons. The summed E-state index contributed by atoms with van der Waals surface area (Å²) in [6, 6.07) is 17.2. The normalized spacial score (nSPS) is 9.86. The molecule has 0 atom stereocenters. The average Bonchev–Trinajstić information content (AvgIpc) is 2.56. The van der Waals surface area contributed by atoms with Gasteiger partial charge < -0.3 is 10.1 Å². The van der Waals surface area contributed by atoms with E-state index in [1.54, 1.807) is 25.2 Å². The Balaban J connectivity index is 1.91. The van der Waals surface area contributed by atoms with Gasteiger partial charge in [-0.25, -0.2) is 0 Å². The highest BCUT2D eigenvalue weighted by Crippen LogP contribution is 2.14. The number of amides is 1. The minimum Gasteiger partial charge on any atom is -0.493 e. The number of nitrogens with one attached hydrogen (secondary N) is 2. The second-order valence-corrected chi connectivity index (χ2v) is 5.05. The number of carbonyl (C=O) groups is 1. The highest BCUT2D eigenvalue weighted by atomic mass is 32.1. The van der Waals surface area contributed by atoms with Crippen molar-refractivity contribution in [3.05, 3.63) is 65.7 Å². The lowest BCUT2D eigenvalue weighted by Gasteiger charge is -2.09. The van der Waals surface area contributed by atoms with Gasteiger partial charge in [0.15, 0.2) is 5.11 Å². The number of rotatable bonds is 5. The zero-order chi connectivity index (χ0) is 15.8. The van der Waals surface area contributed by atoms with E-state index in [0.717, 1.165) is 6.42 Å². The van der Waals surface area contributed by atoms with E-state index < -0.39 is 0 Å². The van der Waals surface area contributed by atoms with Crippen LogP contribution in [0.2, 0.25) is 0 Å². The SMILES string of the molecule is CNC(=S)NC(=O)c1cccc(OCCc2ccccc2)c1. The maximum absolute atomic E-state index is 12.0. The van der Waals surface area contributed by atoms with Gasteiger partial charge in [0.2, 0.25) is 0 Å². The van der Waals surface area contributed by atoms with Crippen molar-refractivity contribution in [1.29, 1.82) is 0 Å². The van der Waals surface area contributed by atoms with Gasteiger partial charge in [0.1, 0.15) is 5.75 Å². The lowest BCUT2D eigenvalue weighted by atomic mass is 10.2. The highest BCUT2D eigenvalue weighted by Gasteiger charge is 2.08. The van der Waals surface area contributed by atoms with E-state index in [1.807, 2.05) is 24.3 Å². The van der Waals surface area contributed by atoms with E-state index >= 15 is 0 Å². The molecule has 22 heavy (non-hydrogen) atoms. The van der Waals surface area contributed by atoms with E-state index in [2.05, 4.69) is 22.8 Å². The van der Waals surface area contributed by atoms with Crippen molar-refractivity contribution >= 4 is 23.2 Å². The van der Waals surface area contributed by atoms with Crippen LogP contribution in [0.15, 0.2) is 54.6 Å². The zero-order valence-corrected chi connectivity index (χ0v) is 13.2. The Morgan fingerprint density at radius 3 is 2.64 bits per heavy atom. The van der Waals surface area contributed by atoms with Crippen LogP contribution < -0.4 is 15.4 Å². The van der Waals surface area contributed by atoms with Crippen molar-refractivity contribution in [1.82, 2.24) is 10.6 Å². The summed E-state index contributed by atoms with van der Waals surface area (Å²) in [4.78, 5) is 12.0. The van der Waals surface area contributed by atoms with Gasteiger partial charge in [-0.1, -0.05) is 36.4 Å². The summed E-state index contributed by atoms with van der Waals surface area (Å²) in [7, 11) is 1.66.